The lowest BCUT2D eigenvalue weighted by Crippen LogP contribution is -2.35. The van der Waals surface area contributed by atoms with Crippen molar-refractivity contribution < 1.29 is 13.6 Å². The van der Waals surface area contributed by atoms with Gasteiger partial charge in [-0.2, -0.15) is 5.26 Å². The number of halogens is 2. The Kier molecular flexibility index (Phi) is 4.33. The van der Waals surface area contributed by atoms with Gasteiger partial charge in [0.2, 0.25) is 5.91 Å². The Labute approximate surface area is 116 Å². The number of carbonyl (C=O) groups excluding carboxylic acids is 1. The summed E-state index contributed by atoms with van der Waals surface area (Å²) in [5.41, 5.74) is -1.34. The van der Waals surface area contributed by atoms with Gasteiger partial charge in [-0.05, 0) is 25.0 Å². The minimum absolute atomic E-state index is 0.214. The van der Waals surface area contributed by atoms with Crippen LogP contribution in [-0.2, 0) is 4.79 Å². The molecule has 1 amide bonds. The third-order valence-electron chi connectivity index (χ3n) is 3.78. The highest BCUT2D eigenvalue weighted by molar-refractivity contribution is 5.97. The lowest BCUT2D eigenvalue weighted by atomic mass is 9.81. The van der Waals surface area contributed by atoms with Crippen LogP contribution in [-0.4, -0.2) is 5.91 Å². The molecular formula is C15H16F2N2O. The maximum absolute atomic E-state index is 13.5. The minimum atomic E-state index is -1.13. The monoisotopic (exact) mass is 278 g/mol. The Hall–Kier alpha value is -1.96. The molecule has 20 heavy (non-hydrogen) atoms. The van der Waals surface area contributed by atoms with E-state index in [4.69, 9.17) is 0 Å². The molecule has 1 aromatic rings. The second kappa shape index (κ2) is 6.00. The van der Waals surface area contributed by atoms with E-state index in [9.17, 15) is 18.8 Å². The van der Waals surface area contributed by atoms with Crippen LogP contribution in [0.5, 0.6) is 0 Å². The molecule has 106 valence electrons. The first-order chi connectivity index (χ1) is 9.57. The van der Waals surface area contributed by atoms with E-state index in [1.807, 2.05) is 0 Å². The number of hydrogen-bond acceptors (Lipinski definition) is 2. The van der Waals surface area contributed by atoms with Crippen molar-refractivity contribution in [2.75, 3.05) is 5.32 Å². The number of nitrogens with one attached hydrogen (secondary N) is 1. The van der Waals surface area contributed by atoms with Gasteiger partial charge in [-0.25, -0.2) is 8.78 Å². The lowest BCUT2D eigenvalue weighted by Gasteiger charge is -2.23. The molecule has 0 aliphatic heterocycles. The van der Waals surface area contributed by atoms with Gasteiger partial charge in [0.25, 0.3) is 0 Å². The molecule has 0 bridgehead atoms. The van der Waals surface area contributed by atoms with Crippen LogP contribution < -0.4 is 5.32 Å². The van der Waals surface area contributed by atoms with Crippen LogP contribution in [0.1, 0.15) is 38.5 Å². The summed E-state index contributed by atoms with van der Waals surface area (Å²) in [5.74, 6) is -1.87. The summed E-state index contributed by atoms with van der Waals surface area (Å²) in [7, 11) is 0. The zero-order valence-corrected chi connectivity index (χ0v) is 11.1. The molecule has 0 aromatic heterocycles. The van der Waals surface area contributed by atoms with Crippen molar-refractivity contribution in [3.05, 3.63) is 29.8 Å². The molecular weight excluding hydrogens is 262 g/mol. The fraction of sp³-hybridized carbons (Fsp3) is 0.467. The minimum Gasteiger partial charge on any atom is -0.322 e. The molecule has 1 aliphatic carbocycles. The average Bonchev–Trinajstić information content (AvgIpc) is 2.69. The van der Waals surface area contributed by atoms with E-state index in [1.165, 1.54) is 0 Å². The average molecular weight is 278 g/mol. The number of benzene rings is 1. The molecule has 5 heteroatoms. The molecule has 0 atom stereocenters. The fourth-order valence-electron chi connectivity index (χ4n) is 2.56. The van der Waals surface area contributed by atoms with Crippen LogP contribution in [0.25, 0.3) is 0 Å². The zero-order valence-electron chi connectivity index (χ0n) is 11.1. The number of nitrogens with zero attached hydrogens (tertiary/aromatic N) is 1. The van der Waals surface area contributed by atoms with Crippen molar-refractivity contribution in [3.8, 4) is 6.07 Å². The summed E-state index contributed by atoms with van der Waals surface area (Å²) in [6.07, 6.45) is 4.51. The molecule has 0 radical (unpaired) electrons. The van der Waals surface area contributed by atoms with Crippen molar-refractivity contribution in [2.45, 2.75) is 38.5 Å². The van der Waals surface area contributed by atoms with Gasteiger partial charge >= 0.3 is 0 Å². The Bertz CT molecular complexity index is 543. The molecule has 0 saturated heterocycles. The predicted octanol–water partition coefficient (Wildman–Crippen LogP) is 3.77. The van der Waals surface area contributed by atoms with Gasteiger partial charge in [0.15, 0.2) is 0 Å². The van der Waals surface area contributed by atoms with E-state index < -0.39 is 23.0 Å². The normalized spacial score (nSPS) is 17.9. The molecule has 1 saturated carbocycles. The standard InChI is InChI=1S/C15H16F2N2O/c16-11-5-6-12(17)13(9-11)19-14(20)15(10-18)7-3-1-2-4-8-15/h5-6,9H,1-4,7-8H2,(H,19,20). The quantitative estimate of drug-likeness (QED) is 0.837. The Morgan fingerprint density at radius 2 is 1.85 bits per heavy atom. The van der Waals surface area contributed by atoms with E-state index >= 15 is 0 Å². The zero-order chi connectivity index (χ0) is 14.6. The van der Waals surface area contributed by atoms with Crippen molar-refractivity contribution in [1.29, 1.82) is 5.26 Å². The molecule has 1 aromatic carbocycles. The first-order valence-electron chi connectivity index (χ1n) is 6.75. The Balaban J connectivity index is 2.21. The summed E-state index contributed by atoms with van der Waals surface area (Å²) >= 11 is 0. The molecule has 1 fully saturated rings. The molecule has 0 spiro atoms. The number of nitriles is 1. The van der Waals surface area contributed by atoms with Crippen LogP contribution >= 0.6 is 0 Å². The van der Waals surface area contributed by atoms with Gasteiger partial charge in [0.1, 0.15) is 17.0 Å². The number of hydrogen-bond donors (Lipinski definition) is 1. The van der Waals surface area contributed by atoms with Crippen LogP contribution in [0.15, 0.2) is 18.2 Å². The lowest BCUT2D eigenvalue weighted by molar-refractivity contribution is -0.123. The molecule has 1 aliphatic rings. The van der Waals surface area contributed by atoms with Crippen LogP contribution in [0.4, 0.5) is 14.5 Å². The number of amides is 1. The van der Waals surface area contributed by atoms with E-state index in [-0.39, 0.29) is 5.69 Å². The van der Waals surface area contributed by atoms with E-state index in [1.54, 1.807) is 0 Å². The van der Waals surface area contributed by atoms with Crippen molar-refractivity contribution in [3.63, 3.8) is 0 Å². The number of rotatable bonds is 2. The van der Waals surface area contributed by atoms with Crippen molar-refractivity contribution >= 4 is 11.6 Å². The van der Waals surface area contributed by atoms with E-state index in [0.717, 1.165) is 43.9 Å². The van der Waals surface area contributed by atoms with Crippen LogP contribution in [0.2, 0.25) is 0 Å². The predicted molar refractivity (Wildman–Crippen MR) is 70.7 cm³/mol. The van der Waals surface area contributed by atoms with Gasteiger partial charge in [-0.1, -0.05) is 25.7 Å². The van der Waals surface area contributed by atoms with Gasteiger partial charge in [-0.3, -0.25) is 4.79 Å². The highest BCUT2D eigenvalue weighted by Crippen LogP contribution is 2.35. The molecule has 0 heterocycles. The first-order valence-corrected chi connectivity index (χ1v) is 6.75. The summed E-state index contributed by atoms with van der Waals surface area (Å²) in [4.78, 5) is 12.3. The SMILES string of the molecule is N#CC1(C(=O)Nc2cc(F)ccc2F)CCCCCC1. The van der Waals surface area contributed by atoms with Gasteiger partial charge in [0.05, 0.1) is 11.8 Å². The molecule has 1 N–H and O–H groups in total. The third kappa shape index (κ3) is 2.96. The van der Waals surface area contributed by atoms with Gasteiger partial charge in [-0.15, -0.1) is 0 Å². The summed E-state index contributed by atoms with van der Waals surface area (Å²) in [6.45, 7) is 0. The fourth-order valence-corrected chi connectivity index (χ4v) is 2.56. The van der Waals surface area contributed by atoms with Gasteiger partial charge in [0, 0.05) is 6.07 Å². The number of anilines is 1. The topological polar surface area (TPSA) is 52.9 Å². The van der Waals surface area contributed by atoms with Crippen molar-refractivity contribution in [1.82, 2.24) is 0 Å². The largest absolute Gasteiger partial charge is 0.322 e. The highest BCUT2D eigenvalue weighted by Gasteiger charge is 2.39. The molecule has 0 unspecified atom stereocenters. The summed E-state index contributed by atoms with van der Waals surface area (Å²) in [5, 5.41) is 11.7. The Morgan fingerprint density at radius 1 is 1.20 bits per heavy atom. The Morgan fingerprint density at radius 3 is 2.45 bits per heavy atom. The molecule has 2 rings (SSSR count). The van der Waals surface area contributed by atoms with E-state index in [2.05, 4.69) is 11.4 Å². The molecule has 3 nitrogen and oxygen atoms in total. The van der Waals surface area contributed by atoms with Crippen LogP contribution in [0, 0.1) is 28.4 Å². The van der Waals surface area contributed by atoms with Gasteiger partial charge < -0.3 is 5.32 Å². The van der Waals surface area contributed by atoms with Crippen LogP contribution in [0.3, 0.4) is 0 Å². The maximum atomic E-state index is 13.5. The summed E-state index contributed by atoms with van der Waals surface area (Å²) in [6, 6.07) is 4.95. The maximum Gasteiger partial charge on any atom is 0.244 e. The third-order valence-corrected chi connectivity index (χ3v) is 3.78. The van der Waals surface area contributed by atoms with E-state index in [0.29, 0.717) is 12.8 Å². The second-order valence-electron chi connectivity index (χ2n) is 5.19. The smallest absolute Gasteiger partial charge is 0.244 e. The summed E-state index contributed by atoms with van der Waals surface area (Å²) < 4.78 is 26.6. The van der Waals surface area contributed by atoms with Crippen molar-refractivity contribution in [2.24, 2.45) is 5.41 Å². The first kappa shape index (κ1) is 14.4. The second-order valence-corrected chi connectivity index (χ2v) is 5.19. The highest BCUT2D eigenvalue weighted by atomic mass is 19.1. The number of carbonyl (C=O) groups is 1.